The Balaban J connectivity index is 1.91. The molecule has 2 N–H and O–H groups in total. The van der Waals surface area contributed by atoms with E-state index in [0.717, 1.165) is 19.4 Å². The van der Waals surface area contributed by atoms with Gasteiger partial charge in [0.05, 0.1) is 11.5 Å². The van der Waals surface area contributed by atoms with Gasteiger partial charge in [0.15, 0.2) is 9.84 Å². The predicted octanol–water partition coefficient (Wildman–Crippen LogP) is 0.550. The van der Waals surface area contributed by atoms with E-state index in [0.29, 0.717) is 22.8 Å². The molecule has 2 fully saturated rings. The highest BCUT2D eigenvalue weighted by atomic mass is 32.2. The van der Waals surface area contributed by atoms with Crippen molar-refractivity contribution >= 4 is 9.84 Å². The van der Waals surface area contributed by atoms with Gasteiger partial charge in [-0.2, -0.15) is 0 Å². The van der Waals surface area contributed by atoms with Gasteiger partial charge in [0, 0.05) is 0 Å². The molecule has 1 heterocycles. The van der Waals surface area contributed by atoms with Gasteiger partial charge >= 0.3 is 0 Å². The molecule has 0 aromatic rings. The molecule has 3 nitrogen and oxygen atoms in total. The van der Waals surface area contributed by atoms with Gasteiger partial charge in [0.1, 0.15) is 0 Å². The molecular formula is C9H17NO2S. The van der Waals surface area contributed by atoms with Crippen LogP contribution in [-0.2, 0) is 9.84 Å². The van der Waals surface area contributed by atoms with Crippen LogP contribution in [0.3, 0.4) is 0 Å². The maximum absolute atomic E-state index is 11.2. The average molecular weight is 203 g/mol. The molecule has 0 amide bonds. The van der Waals surface area contributed by atoms with Gasteiger partial charge in [0.25, 0.3) is 0 Å². The topological polar surface area (TPSA) is 60.2 Å². The highest BCUT2D eigenvalue weighted by Crippen LogP contribution is 2.50. The van der Waals surface area contributed by atoms with Crippen molar-refractivity contribution in [1.29, 1.82) is 0 Å². The van der Waals surface area contributed by atoms with Crippen LogP contribution in [0.25, 0.3) is 0 Å². The van der Waals surface area contributed by atoms with Gasteiger partial charge < -0.3 is 5.73 Å². The summed E-state index contributed by atoms with van der Waals surface area (Å²) in [6.45, 7) is 0.740. The molecule has 2 rings (SSSR count). The van der Waals surface area contributed by atoms with Crippen molar-refractivity contribution < 1.29 is 8.42 Å². The molecule has 1 unspecified atom stereocenters. The molecular weight excluding hydrogens is 186 g/mol. The summed E-state index contributed by atoms with van der Waals surface area (Å²) < 4.78 is 22.4. The summed E-state index contributed by atoms with van der Waals surface area (Å²) in [5.41, 5.74) is 6.00. The van der Waals surface area contributed by atoms with Gasteiger partial charge in [-0.3, -0.25) is 0 Å². The van der Waals surface area contributed by atoms with Crippen molar-refractivity contribution in [3.8, 4) is 0 Å². The molecule has 0 aromatic heterocycles. The third-order valence-electron chi connectivity index (χ3n) is 3.44. The Bertz CT molecular complexity index is 293. The molecule has 1 aliphatic carbocycles. The van der Waals surface area contributed by atoms with Crippen LogP contribution in [0.1, 0.15) is 25.7 Å². The van der Waals surface area contributed by atoms with Crippen LogP contribution in [0.15, 0.2) is 0 Å². The largest absolute Gasteiger partial charge is 0.330 e. The second-order valence-electron chi connectivity index (χ2n) is 4.68. The molecule has 1 saturated heterocycles. The molecule has 2 aliphatic rings. The summed E-state index contributed by atoms with van der Waals surface area (Å²) in [7, 11) is -2.69. The van der Waals surface area contributed by atoms with Crippen LogP contribution >= 0.6 is 0 Å². The molecule has 4 heteroatoms. The zero-order chi connectivity index (χ0) is 9.53. The fraction of sp³-hybridized carbons (Fsp3) is 1.00. The first kappa shape index (κ1) is 9.46. The fourth-order valence-corrected chi connectivity index (χ4v) is 4.18. The van der Waals surface area contributed by atoms with E-state index in [2.05, 4.69) is 0 Å². The smallest absolute Gasteiger partial charge is 0.150 e. The van der Waals surface area contributed by atoms with Crippen LogP contribution in [0.5, 0.6) is 0 Å². The maximum atomic E-state index is 11.2. The first-order chi connectivity index (χ1) is 6.05. The molecule has 1 aliphatic heterocycles. The summed E-state index contributed by atoms with van der Waals surface area (Å²) in [6.07, 6.45) is 4.33. The van der Waals surface area contributed by atoms with E-state index < -0.39 is 9.84 Å². The Morgan fingerprint density at radius 2 is 2.08 bits per heavy atom. The van der Waals surface area contributed by atoms with E-state index in [-0.39, 0.29) is 0 Å². The lowest BCUT2D eigenvalue weighted by atomic mass is 9.92. The Labute approximate surface area is 79.6 Å². The fourth-order valence-electron chi connectivity index (χ4n) is 2.31. The van der Waals surface area contributed by atoms with Crippen molar-refractivity contribution in [2.24, 2.45) is 17.1 Å². The third kappa shape index (κ3) is 2.05. The van der Waals surface area contributed by atoms with Crippen molar-refractivity contribution in [2.75, 3.05) is 18.1 Å². The van der Waals surface area contributed by atoms with E-state index in [4.69, 9.17) is 5.73 Å². The zero-order valence-electron chi connectivity index (χ0n) is 7.83. The lowest BCUT2D eigenvalue weighted by molar-refractivity contribution is 0.383. The highest BCUT2D eigenvalue weighted by Gasteiger charge is 2.44. The number of hydrogen-bond donors (Lipinski definition) is 1. The van der Waals surface area contributed by atoms with Crippen LogP contribution in [0.4, 0.5) is 0 Å². The van der Waals surface area contributed by atoms with Crippen molar-refractivity contribution in [2.45, 2.75) is 25.7 Å². The molecule has 13 heavy (non-hydrogen) atoms. The lowest BCUT2D eigenvalue weighted by Gasteiger charge is -2.15. The molecule has 0 radical (unpaired) electrons. The Hall–Kier alpha value is -0.0900. The van der Waals surface area contributed by atoms with Gasteiger partial charge in [-0.15, -0.1) is 0 Å². The normalized spacial score (nSPS) is 34.7. The minimum atomic E-state index is -2.69. The SMILES string of the molecule is NCC1(CC2CCS(=O)(=O)C2)CC1. The van der Waals surface area contributed by atoms with E-state index in [1.807, 2.05) is 0 Å². The molecule has 0 bridgehead atoms. The first-order valence-corrected chi connectivity index (χ1v) is 6.78. The van der Waals surface area contributed by atoms with Crippen LogP contribution in [0, 0.1) is 11.3 Å². The maximum Gasteiger partial charge on any atom is 0.150 e. The molecule has 0 aromatic carbocycles. The zero-order valence-corrected chi connectivity index (χ0v) is 8.65. The van der Waals surface area contributed by atoms with Crippen LogP contribution in [-0.4, -0.2) is 26.5 Å². The van der Waals surface area contributed by atoms with Crippen LogP contribution in [0.2, 0.25) is 0 Å². The predicted molar refractivity (Wildman–Crippen MR) is 52.1 cm³/mol. The molecule has 76 valence electrons. The summed E-state index contributed by atoms with van der Waals surface area (Å²) in [5.74, 6) is 1.21. The lowest BCUT2D eigenvalue weighted by Crippen LogP contribution is -2.19. The Morgan fingerprint density at radius 3 is 2.46 bits per heavy atom. The van der Waals surface area contributed by atoms with E-state index in [1.165, 1.54) is 12.8 Å². The Morgan fingerprint density at radius 1 is 1.38 bits per heavy atom. The van der Waals surface area contributed by atoms with Crippen LogP contribution < -0.4 is 5.73 Å². The number of sulfone groups is 1. The minimum Gasteiger partial charge on any atom is -0.330 e. The monoisotopic (exact) mass is 203 g/mol. The summed E-state index contributed by atoms with van der Waals surface area (Å²) >= 11 is 0. The van der Waals surface area contributed by atoms with Gasteiger partial charge in [-0.25, -0.2) is 8.42 Å². The standard InChI is InChI=1S/C9H17NO2S/c10-7-9(2-3-9)5-8-1-4-13(11,12)6-8/h8H,1-7,10H2. The van der Waals surface area contributed by atoms with E-state index in [1.54, 1.807) is 0 Å². The number of rotatable bonds is 3. The average Bonchev–Trinajstić information content (AvgIpc) is 2.74. The second-order valence-corrected chi connectivity index (χ2v) is 6.91. The highest BCUT2D eigenvalue weighted by molar-refractivity contribution is 7.91. The summed E-state index contributed by atoms with van der Waals surface area (Å²) in [4.78, 5) is 0. The quantitative estimate of drug-likeness (QED) is 0.728. The van der Waals surface area contributed by atoms with Crippen molar-refractivity contribution in [3.05, 3.63) is 0 Å². The van der Waals surface area contributed by atoms with Gasteiger partial charge in [0.2, 0.25) is 0 Å². The molecule has 1 saturated carbocycles. The second kappa shape index (κ2) is 2.95. The number of hydrogen-bond acceptors (Lipinski definition) is 3. The van der Waals surface area contributed by atoms with Crippen molar-refractivity contribution in [1.82, 2.24) is 0 Å². The summed E-state index contributed by atoms with van der Waals surface area (Å²) in [5, 5.41) is 0. The minimum absolute atomic E-state index is 0.338. The third-order valence-corrected chi connectivity index (χ3v) is 5.28. The first-order valence-electron chi connectivity index (χ1n) is 4.96. The molecule has 1 atom stereocenters. The summed E-state index contributed by atoms with van der Waals surface area (Å²) in [6, 6.07) is 0. The Kier molecular flexibility index (Phi) is 2.15. The molecule has 0 spiro atoms. The van der Waals surface area contributed by atoms with Gasteiger partial charge in [-0.1, -0.05) is 0 Å². The van der Waals surface area contributed by atoms with Gasteiger partial charge in [-0.05, 0) is 43.6 Å². The van der Waals surface area contributed by atoms with E-state index >= 15 is 0 Å². The van der Waals surface area contributed by atoms with Crippen molar-refractivity contribution in [3.63, 3.8) is 0 Å². The number of nitrogens with two attached hydrogens (primary N) is 1. The van der Waals surface area contributed by atoms with E-state index in [9.17, 15) is 8.42 Å².